The van der Waals surface area contributed by atoms with Crippen molar-refractivity contribution in [1.82, 2.24) is 0 Å². The van der Waals surface area contributed by atoms with Gasteiger partial charge in [-0.25, -0.2) is 0 Å². The zero-order valence-electron chi connectivity index (χ0n) is 30.8. The van der Waals surface area contributed by atoms with Crippen LogP contribution in [-0.4, -0.2) is 110 Å². The van der Waals surface area contributed by atoms with Gasteiger partial charge in [0.2, 0.25) is 0 Å². The summed E-state index contributed by atoms with van der Waals surface area (Å²) in [4.78, 5) is 2.72. The number of hydrogen-bond acceptors (Lipinski definition) is 12. The number of benzene rings is 2. The third kappa shape index (κ3) is 14.7. The summed E-state index contributed by atoms with van der Waals surface area (Å²) in [6, 6.07) is 20.3. The van der Waals surface area contributed by atoms with E-state index in [2.05, 4.69) is 52.4 Å². The number of rotatable bonds is 24. The summed E-state index contributed by atoms with van der Waals surface area (Å²) < 4.78 is 54.7. The zero-order chi connectivity index (χ0) is 38.0. The van der Waals surface area contributed by atoms with Crippen molar-refractivity contribution in [3.8, 4) is 12.1 Å². The molecule has 1 aromatic heterocycles. The van der Waals surface area contributed by atoms with Gasteiger partial charge in [0, 0.05) is 25.2 Å². The topological polar surface area (TPSA) is 167 Å². The number of aryl methyl sites for hydroxylation is 1. The molecular weight excluding hydrogens is 705 g/mol. The van der Waals surface area contributed by atoms with Crippen LogP contribution in [0.3, 0.4) is 0 Å². The number of anilines is 1. The number of azo groups is 1. The van der Waals surface area contributed by atoms with Gasteiger partial charge < -0.3 is 28.3 Å². The molecule has 1 atom stereocenters. The van der Waals surface area contributed by atoms with E-state index in [-0.39, 0.29) is 11.9 Å². The van der Waals surface area contributed by atoms with E-state index in [0.717, 1.165) is 29.9 Å². The molecule has 0 saturated carbocycles. The maximum Gasteiger partial charge on any atom is 0.265 e. The highest BCUT2D eigenvalue weighted by molar-refractivity contribution is 7.85. The fourth-order valence-corrected chi connectivity index (χ4v) is 6.65. The predicted molar refractivity (Wildman–Crippen MR) is 202 cm³/mol. The summed E-state index contributed by atoms with van der Waals surface area (Å²) in [6.07, 6.45) is 0.204. The average molecular weight is 756 g/mol. The molecule has 52 heavy (non-hydrogen) atoms. The van der Waals surface area contributed by atoms with Gasteiger partial charge >= 0.3 is 0 Å². The first-order chi connectivity index (χ1) is 24.9. The lowest BCUT2D eigenvalue weighted by atomic mass is 10.1. The fraction of sp³-hybridized carbons (Fsp3) is 0.514. The number of thiophene rings is 1. The highest BCUT2D eigenvalue weighted by atomic mass is 32.2. The van der Waals surface area contributed by atoms with Crippen molar-refractivity contribution in [3.63, 3.8) is 0 Å². The first kappa shape index (κ1) is 42.6. The SMILES string of the molecule is CCN(CC(OCCOCCOCCOCC[N+](C)(C)CCCS(=O)(=O)O)c1ccccc1)c1ccc(N=Nc2sc(C#N)c(C)c2C#N)c(C)c1. The molecule has 1 unspecified atom stereocenters. The predicted octanol–water partition coefficient (Wildman–Crippen LogP) is 6.51. The normalized spacial score (nSPS) is 12.5. The molecule has 0 bridgehead atoms. The molecule has 282 valence electrons. The molecule has 0 saturated heterocycles. The quantitative estimate of drug-likeness (QED) is 0.0461. The molecule has 0 fully saturated rings. The van der Waals surface area contributed by atoms with E-state index >= 15 is 0 Å². The summed E-state index contributed by atoms with van der Waals surface area (Å²) in [7, 11) is 0.0684. The second kappa shape index (κ2) is 21.7. The number of hydrogen-bond donors (Lipinski definition) is 1. The molecule has 3 aromatic rings. The number of nitriles is 2. The summed E-state index contributed by atoms with van der Waals surface area (Å²) >= 11 is 1.17. The first-order valence-corrected chi connectivity index (χ1v) is 19.7. The Labute approximate surface area is 312 Å². The van der Waals surface area contributed by atoms with Gasteiger partial charge in [0.1, 0.15) is 29.7 Å². The summed E-state index contributed by atoms with van der Waals surface area (Å²) in [5.41, 5.74) is 4.73. The van der Waals surface area contributed by atoms with Crippen molar-refractivity contribution >= 4 is 37.8 Å². The van der Waals surface area contributed by atoms with Gasteiger partial charge in [-0.1, -0.05) is 30.3 Å². The Balaban J connectivity index is 1.42. The molecule has 1 heterocycles. The van der Waals surface area contributed by atoms with Crippen molar-refractivity contribution in [1.29, 1.82) is 10.5 Å². The largest absolute Gasteiger partial charge is 0.377 e. The van der Waals surface area contributed by atoms with E-state index in [9.17, 15) is 18.9 Å². The molecule has 2 aromatic carbocycles. The lowest BCUT2D eigenvalue weighted by Gasteiger charge is -2.29. The molecule has 0 spiro atoms. The number of likely N-dealkylation sites (N-methyl/N-ethyl adjacent to an activating group) is 2. The molecule has 0 aliphatic rings. The molecule has 15 heteroatoms. The average Bonchev–Trinajstić information content (AvgIpc) is 3.42. The third-order valence-corrected chi connectivity index (χ3v) is 10.3. The van der Waals surface area contributed by atoms with E-state index in [0.29, 0.717) is 96.9 Å². The van der Waals surface area contributed by atoms with Crippen LogP contribution in [0, 0.1) is 36.5 Å². The minimum atomic E-state index is -3.93. The Kier molecular flexibility index (Phi) is 17.8. The Bertz CT molecular complexity index is 1770. The van der Waals surface area contributed by atoms with Crippen LogP contribution >= 0.6 is 11.3 Å². The number of nitrogens with zero attached hydrogens (tertiary/aromatic N) is 6. The minimum Gasteiger partial charge on any atom is -0.377 e. The van der Waals surface area contributed by atoms with Crippen LogP contribution in [0.4, 0.5) is 16.4 Å². The Morgan fingerprint density at radius 1 is 0.904 bits per heavy atom. The van der Waals surface area contributed by atoms with Gasteiger partial charge in [0.05, 0.1) is 83.9 Å². The highest BCUT2D eigenvalue weighted by Gasteiger charge is 2.19. The number of ether oxygens (including phenoxy) is 4. The van der Waals surface area contributed by atoms with Crippen LogP contribution in [0.15, 0.2) is 58.8 Å². The van der Waals surface area contributed by atoms with Crippen LogP contribution in [0.25, 0.3) is 0 Å². The second-order valence-electron chi connectivity index (χ2n) is 12.8. The third-order valence-electron chi connectivity index (χ3n) is 8.37. The zero-order valence-corrected chi connectivity index (χ0v) is 32.4. The molecule has 0 radical (unpaired) electrons. The smallest absolute Gasteiger partial charge is 0.265 e. The van der Waals surface area contributed by atoms with Gasteiger partial charge in [-0.15, -0.1) is 21.6 Å². The lowest BCUT2D eigenvalue weighted by Crippen LogP contribution is -2.43. The molecule has 1 N–H and O–H groups in total. The van der Waals surface area contributed by atoms with Crippen molar-refractivity contribution in [3.05, 3.63) is 75.7 Å². The van der Waals surface area contributed by atoms with E-state index in [1.165, 1.54) is 11.3 Å². The van der Waals surface area contributed by atoms with Crippen molar-refractivity contribution in [2.45, 2.75) is 33.3 Å². The Morgan fingerprint density at radius 3 is 2.15 bits per heavy atom. The summed E-state index contributed by atoms with van der Waals surface area (Å²) in [5, 5.41) is 28.0. The van der Waals surface area contributed by atoms with Crippen LogP contribution < -0.4 is 4.90 Å². The van der Waals surface area contributed by atoms with Crippen molar-refractivity contribution in [2.24, 2.45) is 10.2 Å². The molecular formula is C37H51N6O7S2+. The maximum atomic E-state index is 10.9. The molecule has 0 aliphatic heterocycles. The first-order valence-electron chi connectivity index (χ1n) is 17.2. The van der Waals surface area contributed by atoms with Gasteiger partial charge in [0.15, 0.2) is 5.00 Å². The summed E-state index contributed by atoms with van der Waals surface area (Å²) in [5.74, 6) is -0.231. The van der Waals surface area contributed by atoms with Crippen LogP contribution in [-0.2, 0) is 29.1 Å². The van der Waals surface area contributed by atoms with Crippen LogP contribution in [0.1, 0.15) is 46.6 Å². The van der Waals surface area contributed by atoms with Crippen LogP contribution in [0.5, 0.6) is 0 Å². The lowest BCUT2D eigenvalue weighted by molar-refractivity contribution is -0.890. The molecule has 3 rings (SSSR count). The fourth-order valence-electron chi connectivity index (χ4n) is 5.28. The van der Waals surface area contributed by atoms with Gasteiger partial charge in [-0.2, -0.15) is 18.9 Å². The van der Waals surface area contributed by atoms with E-state index in [1.807, 2.05) is 51.4 Å². The molecule has 0 amide bonds. The van der Waals surface area contributed by atoms with Gasteiger partial charge in [0.25, 0.3) is 10.1 Å². The maximum absolute atomic E-state index is 10.9. The van der Waals surface area contributed by atoms with Crippen molar-refractivity contribution < 1.29 is 36.4 Å². The standard InChI is InChI=1S/C37H50N6O7S2/c1-6-42(32-13-14-34(29(2)25-32)40-41-37-33(26-38)30(3)36(27-39)51-37)28-35(31-11-8-7-9-12-31)50-23-22-49-21-20-48-19-18-47-17-16-43(4,5)15-10-24-52(44,45)46/h7-9,11-14,25,35H,6,10,15-24,28H2,1-5H3/p+1. The minimum absolute atomic E-state index is 0.190. The second-order valence-corrected chi connectivity index (χ2v) is 15.4. The van der Waals surface area contributed by atoms with E-state index in [4.69, 9.17) is 23.5 Å². The molecule has 13 nitrogen and oxygen atoms in total. The summed E-state index contributed by atoms with van der Waals surface area (Å²) in [6.45, 7) is 11.7. The Morgan fingerprint density at radius 2 is 1.56 bits per heavy atom. The van der Waals surface area contributed by atoms with E-state index in [1.54, 1.807) is 6.92 Å². The Hall–Kier alpha value is -3.77. The van der Waals surface area contributed by atoms with Gasteiger partial charge in [-0.05, 0) is 55.7 Å². The number of quaternary nitrogens is 1. The molecule has 0 aliphatic carbocycles. The monoisotopic (exact) mass is 755 g/mol. The van der Waals surface area contributed by atoms with Gasteiger partial charge in [-0.3, -0.25) is 4.55 Å². The van der Waals surface area contributed by atoms with Crippen molar-refractivity contribution in [2.75, 3.05) is 97.2 Å². The van der Waals surface area contributed by atoms with Crippen LogP contribution in [0.2, 0.25) is 0 Å². The highest BCUT2D eigenvalue weighted by Crippen LogP contribution is 2.36. The van der Waals surface area contributed by atoms with E-state index < -0.39 is 10.1 Å².